The Morgan fingerprint density at radius 2 is 1.17 bits per heavy atom. The lowest BCUT2D eigenvalue weighted by Crippen LogP contribution is -2.63. The Labute approximate surface area is 122 Å². The summed E-state index contributed by atoms with van der Waals surface area (Å²) in [5.74, 6) is -7.39. The zero-order chi connectivity index (χ0) is 20.0. The molecule has 0 aliphatic heterocycles. The van der Waals surface area contributed by atoms with Crippen LogP contribution in [0.1, 0.15) is 0 Å². The highest BCUT2D eigenvalue weighted by molar-refractivity contribution is 7.86. The van der Waals surface area contributed by atoms with E-state index in [0.29, 0.717) is 0 Å². The monoisotopic (exact) mass is 414 g/mol. The first-order valence-electron chi connectivity index (χ1n) is 4.65. The van der Waals surface area contributed by atoms with E-state index in [1.54, 1.807) is 9.47 Å². The summed E-state index contributed by atoms with van der Waals surface area (Å²) in [7, 11) is -7.14. The van der Waals surface area contributed by atoms with Crippen molar-refractivity contribution in [2.24, 2.45) is 0 Å². The van der Waals surface area contributed by atoms with Crippen LogP contribution in [0.2, 0.25) is 0 Å². The van der Waals surface area contributed by atoms with E-state index in [0.717, 1.165) is 0 Å². The SMILES string of the molecule is O=S(=O)(O)C(F)(F)OC(F)(C(F)(F)F)C(F)(F)OC(F)(F)C(F)F. The highest BCUT2D eigenvalue weighted by Crippen LogP contribution is 2.52. The molecule has 0 aromatic carbocycles. The van der Waals surface area contributed by atoms with Gasteiger partial charge in [0.2, 0.25) is 0 Å². The molecule has 1 unspecified atom stereocenters. The van der Waals surface area contributed by atoms with Gasteiger partial charge in [-0.15, -0.1) is 0 Å². The molecule has 0 rings (SSSR count). The lowest BCUT2D eigenvalue weighted by atomic mass is 10.2. The summed E-state index contributed by atoms with van der Waals surface area (Å²) in [6.07, 6.45) is -26.5. The number of hydrogen-bond donors (Lipinski definition) is 1. The number of hydrogen-bond acceptors (Lipinski definition) is 4. The van der Waals surface area contributed by atoms with Crippen LogP contribution in [0.3, 0.4) is 0 Å². The van der Waals surface area contributed by atoms with Crippen molar-refractivity contribution >= 4 is 10.1 Å². The van der Waals surface area contributed by atoms with Gasteiger partial charge in [0.15, 0.2) is 0 Å². The minimum absolute atomic E-state index is 1.59. The lowest BCUT2D eigenvalue weighted by molar-refractivity contribution is -0.523. The molecule has 1 atom stereocenters. The summed E-state index contributed by atoms with van der Waals surface area (Å²) in [6.45, 7) is 0. The predicted octanol–water partition coefficient (Wildman–Crippen LogP) is 3.14. The lowest BCUT2D eigenvalue weighted by Gasteiger charge is -2.36. The van der Waals surface area contributed by atoms with Gasteiger partial charge in [0, 0.05) is 0 Å². The van der Waals surface area contributed by atoms with Crippen molar-refractivity contribution in [1.29, 1.82) is 0 Å². The second-order valence-electron chi connectivity index (χ2n) is 3.61. The first-order chi connectivity index (χ1) is 10.1. The number of halogens is 12. The van der Waals surface area contributed by atoms with Crippen molar-refractivity contribution < 1.29 is 75.1 Å². The second kappa shape index (κ2) is 6.06. The molecule has 0 aliphatic rings. The van der Waals surface area contributed by atoms with Gasteiger partial charge in [-0.05, 0) is 0 Å². The van der Waals surface area contributed by atoms with Gasteiger partial charge in [0.05, 0.1) is 0 Å². The molecule has 1 N–H and O–H groups in total. The van der Waals surface area contributed by atoms with E-state index in [1.165, 1.54) is 0 Å². The molecular formula is C6H2F12O5S. The third-order valence-corrected chi connectivity index (χ3v) is 2.50. The highest BCUT2D eigenvalue weighted by atomic mass is 32.2. The van der Waals surface area contributed by atoms with E-state index in [4.69, 9.17) is 4.55 Å². The Morgan fingerprint density at radius 1 is 0.792 bits per heavy atom. The van der Waals surface area contributed by atoms with Gasteiger partial charge in [-0.25, -0.2) is 13.5 Å². The van der Waals surface area contributed by atoms with Crippen molar-refractivity contribution in [2.45, 2.75) is 36.1 Å². The van der Waals surface area contributed by atoms with Gasteiger partial charge < -0.3 is 0 Å². The summed E-state index contributed by atoms with van der Waals surface area (Å²) in [5.41, 5.74) is -6.76. The molecule has 0 amide bonds. The molecule has 0 spiro atoms. The Kier molecular flexibility index (Phi) is 5.80. The Bertz CT molecular complexity index is 555. The smallest absolute Gasteiger partial charge is 0.279 e. The number of ether oxygens (including phenoxy) is 2. The molecule has 0 radical (unpaired) electrons. The maximum Gasteiger partial charge on any atom is 0.491 e. The second-order valence-corrected chi connectivity index (χ2v) is 5.04. The molecule has 0 aromatic rings. The summed E-state index contributed by atoms with van der Waals surface area (Å²) in [5, 5.41) is 0. The topological polar surface area (TPSA) is 72.8 Å². The molecule has 0 aromatic heterocycles. The Morgan fingerprint density at radius 3 is 1.42 bits per heavy atom. The normalized spacial score (nSPS) is 17.9. The average molecular weight is 414 g/mol. The van der Waals surface area contributed by atoms with Crippen LogP contribution in [0.4, 0.5) is 52.7 Å². The van der Waals surface area contributed by atoms with E-state index >= 15 is 0 Å². The van der Waals surface area contributed by atoms with Gasteiger partial charge in [-0.1, -0.05) is 0 Å². The fourth-order valence-electron chi connectivity index (χ4n) is 0.780. The first kappa shape index (κ1) is 23.0. The molecule has 0 saturated carbocycles. The Hall–Kier alpha value is -1.01. The molecule has 0 aliphatic carbocycles. The van der Waals surface area contributed by atoms with E-state index < -0.39 is 46.2 Å². The first-order valence-corrected chi connectivity index (χ1v) is 6.09. The van der Waals surface area contributed by atoms with Crippen molar-refractivity contribution in [2.75, 3.05) is 0 Å². The third kappa shape index (κ3) is 4.33. The van der Waals surface area contributed by atoms with Crippen molar-refractivity contribution in [1.82, 2.24) is 0 Å². The van der Waals surface area contributed by atoms with Crippen molar-refractivity contribution in [3.05, 3.63) is 0 Å². The molecule has 18 heteroatoms. The van der Waals surface area contributed by atoms with Crippen LogP contribution in [-0.4, -0.2) is 49.1 Å². The van der Waals surface area contributed by atoms with Crippen molar-refractivity contribution in [3.63, 3.8) is 0 Å². The van der Waals surface area contributed by atoms with Gasteiger partial charge in [-0.2, -0.15) is 52.3 Å². The molecule has 0 heterocycles. The predicted molar refractivity (Wildman–Crippen MR) is 44.5 cm³/mol. The summed E-state index contributed by atoms with van der Waals surface area (Å²) < 4.78 is 179. The van der Waals surface area contributed by atoms with Crippen LogP contribution in [-0.2, 0) is 19.6 Å². The summed E-state index contributed by atoms with van der Waals surface area (Å²) in [6, 6.07) is 0. The molecule has 0 fully saturated rings. The van der Waals surface area contributed by atoms with Crippen LogP contribution in [0.15, 0.2) is 0 Å². The van der Waals surface area contributed by atoms with Crippen LogP contribution >= 0.6 is 0 Å². The number of alkyl halides is 12. The van der Waals surface area contributed by atoms with Crippen LogP contribution in [0, 0.1) is 0 Å². The summed E-state index contributed by atoms with van der Waals surface area (Å²) >= 11 is 0. The summed E-state index contributed by atoms with van der Waals surface area (Å²) in [4.78, 5) is 0. The minimum atomic E-state index is -7.43. The third-order valence-electron chi connectivity index (χ3n) is 1.82. The molecule has 24 heavy (non-hydrogen) atoms. The average Bonchev–Trinajstić information content (AvgIpc) is 2.22. The molecule has 146 valence electrons. The zero-order valence-electron chi connectivity index (χ0n) is 10.1. The van der Waals surface area contributed by atoms with Crippen LogP contribution in [0.25, 0.3) is 0 Å². The molecule has 5 nitrogen and oxygen atoms in total. The highest BCUT2D eigenvalue weighted by Gasteiger charge is 2.80. The maximum atomic E-state index is 13.2. The van der Waals surface area contributed by atoms with Crippen LogP contribution in [0.5, 0.6) is 0 Å². The van der Waals surface area contributed by atoms with Gasteiger partial charge in [-0.3, -0.25) is 9.29 Å². The fraction of sp³-hybridized carbons (Fsp3) is 1.00. The minimum Gasteiger partial charge on any atom is -0.279 e. The largest absolute Gasteiger partial charge is 0.491 e. The maximum absolute atomic E-state index is 13.2. The number of rotatable bonds is 7. The van der Waals surface area contributed by atoms with Crippen molar-refractivity contribution in [3.8, 4) is 0 Å². The quantitative estimate of drug-likeness (QED) is 0.512. The van der Waals surface area contributed by atoms with Crippen LogP contribution < -0.4 is 0 Å². The van der Waals surface area contributed by atoms with E-state index in [-0.39, 0.29) is 0 Å². The van der Waals surface area contributed by atoms with E-state index in [2.05, 4.69) is 0 Å². The van der Waals surface area contributed by atoms with Gasteiger partial charge in [0.1, 0.15) is 0 Å². The molecule has 0 saturated heterocycles. The van der Waals surface area contributed by atoms with E-state index in [1.807, 2.05) is 0 Å². The Balaban J connectivity index is 6.12. The van der Waals surface area contributed by atoms with E-state index in [9.17, 15) is 61.1 Å². The standard InChI is InChI=1S/C6H2F12O5S/c7-1(8)2(9,10)22-5(15,16)3(11,4(12,13)14)23-6(17,18)24(19,20)21/h1H,(H,19,20,21). The fourth-order valence-corrected chi connectivity index (χ4v) is 1.000. The van der Waals surface area contributed by atoms with Gasteiger partial charge in [0.25, 0.3) is 0 Å². The molecular weight excluding hydrogens is 412 g/mol. The molecule has 0 bridgehead atoms. The van der Waals surface area contributed by atoms with Gasteiger partial charge >= 0.3 is 46.2 Å². The zero-order valence-corrected chi connectivity index (χ0v) is 10.9.